The van der Waals surface area contributed by atoms with E-state index in [1.54, 1.807) is 32.4 Å². The number of anilines is 1. The molecule has 0 bridgehead atoms. The number of aromatic nitrogens is 3. The lowest BCUT2D eigenvalue weighted by Gasteiger charge is -2.19. The summed E-state index contributed by atoms with van der Waals surface area (Å²) in [6.45, 7) is 5.43. The van der Waals surface area contributed by atoms with E-state index < -0.39 is 5.60 Å². The van der Waals surface area contributed by atoms with Gasteiger partial charge in [0.25, 0.3) is 0 Å². The van der Waals surface area contributed by atoms with Gasteiger partial charge >= 0.3 is 0 Å². The van der Waals surface area contributed by atoms with Gasteiger partial charge in [-0.3, -0.25) is 4.98 Å². The van der Waals surface area contributed by atoms with E-state index >= 15 is 0 Å². The van der Waals surface area contributed by atoms with Crippen LogP contribution in [0.4, 0.5) is 5.69 Å². The van der Waals surface area contributed by atoms with E-state index in [1.165, 1.54) is 5.56 Å². The maximum atomic E-state index is 10.1. The summed E-state index contributed by atoms with van der Waals surface area (Å²) in [6.07, 6.45) is 5.11. The number of halogens is 1. The number of nitrogens with zero attached hydrogens (tertiary/aromatic N) is 3. The van der Waals surface area contributed by atoms with Gasteiger partial charge in [0.1, 0.15) is 5.60 Å². The van der Waals surface area contributed by atoms with Crippen LogP contribution in [0.25, 0.3) is 22.0 Å². The molecule has 0 fully saturated rings. The number of nitrogens with one attached hydrogen (secondary N) is 1. The van der Waals surface area contributed by atoms with Crippen LogP contribution >= 0.6 is 11.6 Å². The first kappa shape index (κ1) is 20.3. The van der Waals surface area contributed by atoms with Crippen molar-refractivity contribution in [3.05, 3.63) is 83.5 Å². The van der Waals surface area contributed by atoms with Gasteiger partial charge in [-0.15, -0.1) is 0 Å². The number of hydrogen-bond acceptors (Lipinski definition) is 5. The fraction of sp³-hybridized carbons (Fsp3) is 0.208. The molecule has 0 aliphatic rings. The standard InChI is InChI=1S/C24H23ClN4O/c1-15(16-7-5-4-6-8-16)29-22-19-11-17(9-10-21(19)26-14-20(22)25)18-12-27-23(28-13-18)24(2,3)30/h4-15,30H,1-3H3,(H,26,29). The van der Waals surface area contributed by atoms with Crippen molar-refractivity contribution < 1.29 is 5.11 Å². The molecule has 2 heterocycles. The van der Waals surface area contributed by atoms with Crippen molar-refractivity contribution in [1.82, 2.24) is 15.0 Å². The van der Waals surface area contributed by atoms with Crippen LogP contribution in [0.5, 0.6) is 0 Å². The van der Waals surface area contributed by atoms with E-state index in [0.29, 0.717) is 10.8 Å². The van der Waals surface area contributed by atoms with Crippen molar-refractivity contribution >= 4 is 28.2 Å². The van der Waals surface area contributed by atoms with Crippen molar-refractivity contribution in [3.8, 4) is 11.1 Å². The molecule has 2 N–H and O–H groups in total. The van der Waals surface area contributed by atoms with Crippen LogP contribution in [0, 0.1) is 0 Å². The van der Waals surface area contributed by atoms with Gasteiger partial charge in [0.15, 0.2) is 5.82 Å². The highest BCUT2D eigenvalue weighted by Crippen LogP contribution is 2.35. The molecule has 1 atom stereocenters. The monoisotopic (exact) mass is 418 g/mol. The first-order chi connectivity index (χ1) is 14.3. The molecule has 4 rings (SSSR count). The number of hydrogen-bond donors (Lipinski definition) is 2. The van der Waals surface area contributed by atoms with E-state index in [1.807, 2.05) is 36.4 Å². The predicted octanol–water partition coefficient (Wildman–Crippen LogP) is 5.75. The van der Waals surface area contributed by atoms with Crippen molar-refractivity contribution in [3.63, 3.8) is 0 Å². The number of rotatable bonds is 5. The highest BCUT2D eigenvalue weighted by molar-refractivity contribution is 6.34. The summed E-state index contributed by atoms with van der Waals surface area (Å²) in [7, 11) is 0. The molecule has 0 amide bonds. The van der Waals surface area contributed by atoms with Gasteiger partial charge in [-0.05, 0) is 44.0 Å². The molecule has 4 aromatic rings. The van der Waals surface area contributed by atoms with Crippen LogP contribution in [-0.2, 0) is 5.60 Å². The Kier molecular flexibility index (Phi) is 5.41. The maximum absolute atomic E-state index is 10.1. The molecule has 0 saturated heterocycles. The zero-order chi connectivity index (χ0) is 21.3. The van der Waals surface area contributed by atoms with Crippen molar-refractivity contribution in [2.24, 2.45) is 0 Å². The van der Waals surface area contributed by atoms with Crippen molar-refractivity contribution in [2.45, 2.75) is 32.4 Å². The molecule has 2 aromatic heterocycles. The summed E-state index contributed by atoms with van der Waals surface area (Å²) < 4.78 is 0. The summed E-state index contributed by atoms with van der Waals surface area (Å²) in [4.78, 5) is 13.1. The molecule has 0 radical (unpaired) electrons. The van der Waals surface area contributed by atoms with E-state index in [-0.39, 0.29) is 6.04 Å². The quantitative estimate of drug-likeness (QED) is 0.432. The van der Waals surface area contributed by atoms with Gasteiger partial charge in [0.05, 0.1) is 16.2 Å². The minimum Gasteiger partial charge on any atom is -0.382 e. The summed E-state index contributed by atoms with van der Waals surface area (Å²) in [5, 5.41) is 15.1. The Labute approximate surface area is 180 Å². The van der Waals surface area contributed by atoms with E-state index in [2.05, 4.69) is 39.3 Å². The van der Waals surface area contributed by atoms with Gasteiger partial charge in [0.2, 0.25) is 0 Å². The van der Waals surface area contributed by atoms with Crippen LogP contribution in [-0.4, -0.2) is 20.1 Å². The van der Waals surface area contributed by atoms with E-state index in [9.17, 15) is 5.11 Å². The van der Waals surface area contributed by atoms with E-state index in [4.69, 9.17) is 11.6 Å². The van der Waals surface area contributed by atoms with Gasteiger partial charge in [-0.2, -0.15) is 0 Å². The fourth-order valence-electron chi connectivity index (χ4n) is 3.33. The number of aliphatic hydroxyl groups is 1. The SMILES string of the molecule is CC(Nc1c(Cl)cnc2ccc(-c3cnc(C(C)(C)O)nc3)cc12)c1ccccc1. The number of pyridine rings is 1. The normalized spacial score (nSPS) is 12.7. The summed E-state index contributed by atoms with van der Waals surface area (Å²) in [6, 6.07) is 16.3. The molecule has 0 spiro atoms. The highest BCUT2D eigenvalue weighted by atomic mass is 35.5. The second-order valence-corrected chi connectivity index (χ2v) is 8.25. The van der Waals surface area contributed by atoms with Crippen LogP contribution in [0.2, 0.25) is 5.02 Å². The third-order valence-electron chi connectivity index (χ3n) is 5.01. The van der Waals surface area contributed by atoms with Gasteiger partial charge < -0.3 is 10.4 Å². The Morgan fingerprint density at radius 1 is 0.933 bits per heavy atom. The molecule has 152 valence electrons. The molecular formula is C24H23ClN4O. The first-order valence-electron chi connectivity index (χ1n) is 9.78. The lowest BCUT2D eigenvalue weighted by Crippen LogP contribution is -2.19. The zero-order valence-electron chi connectivity index (χ0n) is 17.1. The maximum Gasteiger partial charge on any atom is 0.159 e. The molecule has 6 heteroatoms. The summed E-state index contributed by atoms with van der Waals surface area (Å²) in [5.74, 6) is 0.385. The Hall–Kier alpha value is -3.02. The molecule has 30 heavy (non-hydrogen) atoms. The van der Waals surface area contributed by atoms with Crippen LogP contribution in [0.3, 0.4) is 0 Å². The molecule has 2 aromatic carbocycles. The molecular weight excluding hydrogens is 396 g/mol. The van der Waals surface area contributed by atoms with Crippen molar-refractivity contribution in [1.29, 1.82) is 0 Å². The topological polar surface area (TPSA) is 70.9 Å². The molecule has 0 aliphatic heterocycles. The average molecular weight is 419 g/mol. The minimum absolute atomic E-state index is 0.0763. The summed E-state index contributed by atoms with van der Waals surface area (Å²) in [5.41, 5.74) is 3.58. The molecule has 0 aliphatic carbocycles. The number of benzene rings is 2. The smallest absolute Gasteiger partial charge is 0.159 e. The lowest BCUT2D eigenvalue weighted by atomic mass is 10.0. The van der Waals surface area contributed by atoms with E-state index in [0.717, 1.165) is 27.7 Å². The largest absolute Gasteiger partial charge is 0.382 e. The Morgan fingerprint density at radius 2 is 1.63 bits per heavy atom. The van der Waals surface area contributed by atoms with Crippen molar-refractivity contribution in [2.75, 3.05) is 5.32 Å². The average Bonchev–Trinajstić information content (AvgIpc) is 2.75. The predicted molar refractivity (Wildman–Crippen MR) is 122 cm³/mol. The Balaban J connectivity index is 1.74. The number of fused-ring (bicyclic) bond motifs is 1. The second-order valence-electron chi connectivity index (χ2n) is 7.84. The highest BCUT2D eigenvalue weighted by Gasteiger charge is 2.19. The third-order valence-corrected chi connectivity index (χ3v) is 5.30. The molecule has 0 saturated carbocycles. The molecule has 5 nitrogen and oxygen atoms in total. The fourth-order valence-corrected chi connectivity index (χ4v) is 3.53. The van der Waals surface area contributed by atoms with Crippen LogP contribution < -0.4 is 5.32 Å². The van der Waals surface area contributed by atoms with Gasteiger partial charge in [-0.1, -0.05) is 48.0 Å². The minimum atomic E-state index is -1.08. The second kappa shape index (κ2) is 8.01. The zero-order valence-corrected chi connectivity index (χ0v) is 17.9. The van der Waals surface area contributed by atoms with Crippen LogP contribution in [0.15, 0.2) is 67.1 Å². The third kappa shape index (κ3) is 4.13. The van der Waals surface area contributed by atoms with Gasteiger partial charge in [-0.25, -0.2) is 9.97 Å². The first-order valence-corrected chi connectivity index (χ1v) is 10.2. The lowest BCUT2D eigenvalue weighted by molar-refractivity contribution is 0.0687. The Bertz CT molecular complexity index is 1170. The van der Waals surface area contributed by atoms with Crippen LogP contribution in [0.1, 0.15) is 38.2 Å². The van der Waals surface area contributed by atoms with Gasteiger partial charge in [0, 0.05) is 35.6 Å². The Morgan fingerprint density at radius 3 is 2.30 bits per heavy atom. The summed E-state index contributed by atoms with van der Waals surface area (Å²) >= 11 is 6.53. The molecule has 1 unspecified atom stereocenters.